The summed E-state index contributed by atoms with van der Waals surface area (Å²) in [5.74, 6) is -6.76. The molecule has 33 heteroatoms. The number of thiol groups is 2. The molecule has 6 N–H and O–H groups in total. The first-order chi connectivity index (χ1) is 37.7. The molecule has 4 aromatic rings. The summed E-state index contributed by atoms with van der Waals surface area (Å²) in [6.07, 6.45) is 1.89. The third-order valence-corrected chi connectivity index (χ3v) is 16.3. The van der Waals surface area contributed by atoms with Gasteiger partial charge >= 0.3 is 17.9 Å². The first-order valence-corrected chi connectivity index (χ1v) is 33.4. The Bertz CT molecular complexity index is 2930. The maximum atomic E-state index is 14.3. The lowest BCUT2D eigenvalue weighted by Crippen LogP contribution is -2.17. The SMILES string of the molecule is CCCS(=O)(=O)Cl.CCCS(=O)(=O)Nc1ccc(F)c(S)c1F.CCCS(=O)(=O)Nc1ccc(F)c(SCCC(=O)OCC)c1F.CCOC(=O)CCS.CCOC(=O)CCSc1c(F)ccc(N)c1F.Nc1ccc(F)c(Br)c1F. The number of nitrogens with two attached hydrogens (primary N) is 2. The maximum Gasteiger partial charge on any atom is 0.306 e. The Morgan fingerprint density at radius 3 is 1.27 bits per heavy atom. The highest BCUT2D eigenvalue weighted by Crippen LogP contribution is 2.32. The molecule has 0 saturated carbocycles. The highest BCUT2D eigenvalue weighted by molar-refractivity contribution is 9.10. The van der Waals surface area contributed by atoms with Crippen LogP contribution in [0.2, 0.25) is 0 Å². The smallest absolute Gasteiger partial charge is 0.306 e. The molecule has 0 unspecified atom stereocenters. The summed E-state index contributed by atoms with van der Waals surface area (Å²) < 4.78 is 190. The number of anilines is 4. The minimum absolute atomic E-state index is 0.00315. The van der Waals surface area contributed by atoms with Gasteiger partial charge in [0.15, 0.2) is 23.3 Å². The summed E-state index contributed by atoms with van der Waals surface area (Å²) in [5, 5.41) is 0. The summed E-state index contributed by atoms with van der Waals surface area (Å²) in [7, 11) is -5.65. The Morgan fingerprint density at radius 1 is 0.543 bits per heavy atom. The van der Waals surface area contributed by atoms with E-state index in [0.717, 1.165) is 59.9 Å². The van der Waals surface area contributed by atoms with Gasteiger partial charge in [0.1, 0.15) is 23.3 Å². The Balaban J connectivity index is 0. The van der Waals surface area contributed by atoms with Gasteiger partial charge in [0.05, 0.1) is 98.3 Å². The van der Waals surface area contributed by atoms with Gasteiger partial charge in [-0.3, -0.25) is 23.8 Å². The van der Waals surface area contributed by atoms with Crippen molar-refractivity contribution >= 4 is 145 Å². The number of halogens is 10. The van der Waals surface area contributed by atoms with Gasteiger partial charge in [-0.15, -0.1) is 36.2 Å². The second-order valence-corrected chi connectivity index (χ2v) is 25.7. The number of hydrogen-bond acceptors (Lipinski definition) is 18. The first-order valence-electron chi connectivity index (χ1n) is 23.8. The van der Waals surface area contributed by atoms with Gasteiger partial charge < -0.3 is 25.7 Å². The van der Waals surface area contributed by atoms with Gasteiger partial charge in [-0.25, -0.2) is 60.4 Å². The summed E-state index contributed by atoms with van der Waals surface area (Å²) >= 11 is 11.9. The van der Waals surface area contributed by atoms with Crippen LogP contribution in [0.1, 0.15) is 80.1 Å². The van der Waals surface area contributed by atoms with Crippen molar-refractivity contribution in [3.8, 4) is 0 Å². The first kappa shape index (κ1) is 79.0. The number of esters is 3. The van der Waals surface area contributed by atoms with Crippen molar-refractivity contribution in [1.82, 2.24) is 0 Å². The van der Waals surface area contributed by atoms with Crippen molar-refractivity contribution in [2.75, 3.05) is 75.2 Å². The van der Waals surface area contributed by atoms with E-state index in [1.54, 1.807) is 41.5 Å². The number of thioether (sulfide) groups is 2. The highest BCUT2D eigenvalue weighted by atomic mass is 79.9. The van der Waals surface area contributed by atoms with Crippen molar-refractivity contribution in [3.63, 3.8) is 0 Å². The fourth-order valence-electron chi connectivity index (χ4n) is 5.07. The van der Waals surface area contributed by atoms with Crippen molar-refractivity contribution in [2.45, 2.75) is 94.8 Å². The van der Waals surface area contributed by atoms with Crippen LogP contribution in [0.4, 0.5) is 57.9 Å². The van der Waals surface area contributed by atoms with Crippen molar-refractivity contribution < 1.29 is 89.0 Å². The van der Waals surface area contributed by atoms with Gasteiger partial charge in [-0.05, 0) is 104 Å². The molecule has 0 aromatic heterocycles. The standard InChI is InChI=1S/C14H19F2NO4S2.C11H13F2NO2S.C9H11F2NO2S2.C6H4BrF2N.C5H10O2S.C3H7ClO2S/c1-3-9-23(19,20)17-11-6-5-10(15)14(13(11)16)22-8-7-12(18)21-4-2;1-2-16-9(15)5-6-17-11-7(12)3-4-8(14)10(11)13;1-2-5-16(13,14)12-7-4-3-6(10)9(15)8(7)11;7-5-3(8)1-2-4(10)6(5)9;1-2-7-5(6)3-4-8;1-2-3-7(4,5)6/h5-6,17H,3-4,7-9H2,1-2H3;3-4H,2,5-6,14H2,1H3;3-4,12,15H,2,5H2,1H3;1-2H,10H2;8H,2-4H2,1H3;2-3H2,1H3. The molecule has 0 fully saturated rings. The Morgan fingerprint density at radius 2 is 0.901 bits per heavy atom. The van der Waals surface area contributed by atoms with Crippen molar-refractivity contribution in [1.29, 1.82) is 0 Å². The van der Waals surface area contributed by atoms with Gasteiger partial charge in [0.2, 0.25) is 29.1 Å². The summed E-state index contributed by atoms with van der Waals surface area (Å²) in [5.41, 5.74) is 9.67. The zero-order valence-electron chi connectivity index (χ0n) is 44.5. The number of sulfonamides is 2. The third-order valence-electron chi connectivity index (χ3n) is 8.52. The number of hydrogen-bond donors (Lipinski definition) is 6. The molecule has 0 aliphatic carbocycles. The Labute approximate surface area is 500 Å². The number of nitrogen functional groups attached to an aromatic ring is 2. The molecule has 0 aliphatic heterocycles. The minimum atomic E-state index is -3.67. The van der Waals surface area contributed by atoms with Crippen LogP contribution in [-0.2, 0) is 57.7 Å². The largest absolute Gasteiger partial charge is 0.466 e. The number of benzene rings is 4. The summed E-state index contributed by atoms with van der Waals surface area (Å²) in [4.78, 5) is 31.6. The molecule has 0 heterocycles. The van der Waals surface area contributed by atoms with E-state index in [1.165, 1.54) is 12.1 Å². The molecule has 0 spiro atoms. The predicted molar refractivity (Wildman–Crippen MR) is 314 cm³/mol. The fourth-order valence-corrected chi connectivity index (χ4v) is 10.9. The normalized spacial score (nSPS) is 10.7. The number of ether oxygens (including phenoxy) is 3. The third kappa shape index (κ3) is 34.4. The molecule has 0 amide bonds. The molecule has 0 atom stereocenters. The number of nitrogens with one attached hydrogen (secondary N) is 2. The maximum absolute atomic E-state index is 14.3. The second kappa shape index (κ2) is 41.9. The van der Waals surface area contributed by atoms with E-state index in [-0.39, 0.29) is 97.2 Å². The summed E-state index contributed by atoms with van der Waals surface area (Å²) in [6.45, 7) is 11.3. The molecule has 460 valence electrons. The molecule has 0 saturated heterocycles. The monoisotopic (exact) mass is 1380 g/mol. The van der Waals surface area contributed by atoms with Crippen LogP contribution in [0, 0.1) is 46.5 Å². The average molecular weight is 1380 g/mol. The van der Waals surface area contributed by atoms with Crippen molar-refractivity contribution in [2.24, 2.45) is 0 Å². The fraction of sp³-hybridized carbons (Fsp3) is 0.438. The molecule has 4 rings (SSSR count). The molecule has 16 nitrogen and oxygen atoms in total. The van der Waals surface area contributed by atoms with Crippen LogP contribution in [0.15, 0.2) is 67.7 Å². The zero-order chi connectivity index (χ0) is 62.7. The summed E-state index contributed by atoms with van der Waals surface area (Å²) in [6, 6.07) is 8.54. The predicted octanol–water partition coefficient (Wildman–Crippen LogP) is 12.3. The molecule has 4 aromatic carbocycles. The van der Waals surface area contributed by atoms with Gasteiger partial charge in [0.25, 0.3) is 0 Å². The van der Waals surface area contributed by atoms with E-state index in [2.05, 4.69) is 50.6 Å². The van der Waals surface area contributed by atoms with Crippen LogP contribution in [-0.4, -0.2) is 97.5 Å². The molecule has 0 bridgehead atoms. The van der Waals surface area contributed by atoms with E-state index in [4.69, 9.17) is 31.6 Å². The number of rotatable bonds is 23. The van der Waals surface area contributed by atoms with Crippen LogP contribution in [0.5, 0.6) is 0 Å². The van der Waals surface area contributed by atoms with E-state index in [9.17, 15) is 74.8 Å². The molecular formula is C48H64BrClF8N4O12S7. The van der Waals surface area contributed by atoms with Gasteiger partial charge in [-0.2, -0.15) is 12.6 Å². The lowest BCUT2D eigenvalue weighted by atomic mass is 10.3. The lowest BCUT2D eigenvalue weighted by molar-refractivity contribution is -0.143. The van der Waals surface area contributed by atoms with E-state index in [1.807, 2.05) is 4.72 Å². The van der Waals surface area contributed by atoms with Crippen LogP contribution in [0.25, 0.3) is 0 Å². The number of carbonyl (C=O) groups excluding carboxylic acids is 3. The van der Waals surface area contributed by atoms with E-state index in [0.29, 0.717) is 44.6 Å². The molecular weight excluding hydrogens is 1320 g/mol. The minimum Gasteiger partial charge on any atom is -0.466 e. The Hall–Kier alpha value is -4.05. The van der Waals surface area contributed by atoms with E-state index >= 15 is 0 Å². The van der Waals surface area contributed by atoms with Crippen molar-refractivity contribution in [3.05, 3.63) is 99.5 Å². The molecule has 0 radical (unpaired) electrons. The van der Waals surface area contributed by atoms with Crippen LogP contribution in [0.3, 0.4) is 0 Å². The molecule has 81 heavy (non-hydrogen) atoms. The number of carbonyl (C=O) groups is 3. The van der Waals surface area contributed by atoms with Crippen LogP contribution < -0.4 is 20.9 Å². The second-order valence-electron chi connectivity index (χ2n) is 15.2. The average Bonchev–Trinajstić information content (AvgIpc) is 3.37. The van der Waals surface area contributed by atoms with Crippen LogP contribution >= 0.6 is 75.4 Å². The zero-order valence-corrected chi connectivity index (χ0v) is 52.7. The quantitative estimate of drug-likeness (QED) is 0.00590. The van der Waals surface area contributed by atoms with Gasteiger partial charge in [-0.1, -0.05) is 20.8 Å². The van der Waals surface area contributed by atoms with E-state index < -0.39 is 86.5 Å². The highest BCUT2D eigenvalue weighted by Gasteiger charge is 2.20. The van der Waals surface area contributed by atoms with Gasteiger partial charge in [0, 0.05) is 27.9 Å². The Kier molecular flexibility index (Phi) is 40.8. The topological polar surface area (TPSA) is 257 Å². The molecule has 0 aliphatic rings. The lowest BCUT2D eigenvalue weighted by Gasteiger charge is -2.11.